The summed E-state index contributed by atoms with van der Waals surface area (Å²) in [5, 5.41) is 20.2. The second-order valence-electron chi connectivity index (χ2n) is 9.58. The first-order chi connectivity index (χ1) is 19.4. The minimum Gasteiger partial charge on any atom is -0.349 e. The number of carbonyl (C=O) groups is 2. The molecule has 2 amide bonds. The molecule has 2 N–H and O–H groups in total. The molecule has 1 aliphatic rings. The van der Waals surface area contributed by atoms with E-state index in [0.29, 0.717) is 27.5 Å². The number of tetrazole rings is 1. The van der Waals surface area contributed by atoms with E-state index in [0.717, 1.165) is 16.4 Å². The van der Waals surface area contributed by atoms with E-state index in [4.69, 9.17) is 11.6 Å². The second-order valence-corrected chi connectivity index (χ2v) is 11.2. The van der Waals surface area contributed by atoms with E-state index in [1.165, 1.54) is 16.9 Å². The Labute approximate surface area is 250 Å². The van der Waals surface area contributed by atoms with Crippen LogP contribution >= 0.6 is 34.2 Å². The van der Waals surface area contributed by atoms with E-state index in [1.807, 2.05) is 13.0 Å². The van der Waals surface area contributed by atoms with Crippen molar-refractivity contribution >= 4 is 51.7 Å². The number of aryl methyl sites for hydroxylation is 1. The maximum atomic E-state index is 13.7. The molecule has 11 nitrogen and oxygen atoms in total. The molecule has 1 aromatic carbocycles. The Morgan fingerprint density at radius 1 is 1.20 bits per heavy atom. The summed E-state index contributed by atoms with van der Waals surface area (Å²) in [5.74, 6) is -1.83. The first-order valence-corrected chi connectivity index (χ1v) is 13.8. The van der Waals surface area contributed by atoms with Gasteiger partial charge in [0.05, 0.1) is 22.0 Å². The number of hydrogen-bond acceptors (Lipinski definition) is 7. The Morgan fingerprint density at radius 3 is 2.61 bits per heavy atom. The van der Waals surface area contributed by atoms with Crippen LogP contribution in [0.1, 0.15) is 57.7 Å². The lowest BCUT2D eigenvalue weighted by Gasteiger charge is -2.18. The van der Waals surface area contributed by atoms with Crippen LogP contribution in [0.25, 0.3) is 5.82 Å². The van der Waals surface area contributed by atoms with Gasteiger partial charge >= 0.3 is 6.18 Å². The summed E-state index contributed by atoms with van der Waals surface area (Å²) in [6.07, 6.45) is -1.21. The van der Waals surface area contributed by atoms with E-state index in [2.05, 4.69) is 58.7 Å². The summed E-state index contributed by atoms with van der Waals surface area (Å²) >= 11 is 8.44. The van der Waals surface area contributed by atoms with Gasteiger partial charge in [-0.25, -0.2) is 9.67 Å². The molecule has 16 heteroatoms. The Morgan fingerprint density at radius 2 is 1.95 bits per heavy atom. The molecule has 0 saturated heterocycles. The van der Waals surface area contributed by atoms with Crippen LogP contribution in [0.4, 0.5) is 18.9 Å². The van der Waals surface area contributed by atoms with Crippen molar-refractivity contribution in [1.29, 1.82) is 0 Å². The number of aromatic nitrogens is 7. The highest BCUT2D eigenvalue weighted by Crippen LogP contribution is 2.33. The third-order valence-corrected chi connectivity index (χ3v) is 7.33. The van der Waals surface area contributed by atoms with Crippen molar-refractivity contribution in [3.8, 4) is 5.82 Å². The standard InChI is InChI=1S/C25H22ClF3IN9O2/c1-12-8-15(30)9-17(22(40)32-13(2)14-5-6-14)20(12)33-23(41)19-10-16(11-38-36-24(34-37-38)25(27,28)29)35-39(19)21-18(26)4-3-7-31-21/h3-4,7-10,13-14H,5-6,11H2,1-2H3,(H,32,40)(H,33,41). The van der Waals surface area contributed by atoms with Crippen LogP contribution in [0.15, 0.2) is 36.5 Å². The lowest BCUT2D eigenvalue weighted by molar-refractivity contribution is -0.145. The SMILES string of the molecule is Cc1cc(I)cc(C(=O)NC(C)C2CC2)c1NC(=O)c1cc(Cn2nnc(C(F)(F)F)n2)nn1-c1ncccc1Cl. The number of hydrogen-bond donors (Lipinski definition) is 2. The zero-order valence-corrected chi connectivity index (χ0v) is 24.5. The van der Waals surface area contributed by atoms with E-state index < -0.39 is 17.9 Å². The Balaban J connectivity index is 1.49. The van der Waals surface area contributed by atoms with Gasteiger partial charge in [-0.2, -0.15) is 23.1 Å². The molecule has 4 aromatic rings. The normalized spacial score (nSPS) is 14.1. The highest BCUT2D eigenvalue weighted by molar-refractivity contribution is 14.1. The van der Waals surface area contributed by atoms with Gasteiger partial charge in [0.15, 0.2) is 5.82 Å². The van der Waals surface area contributed by atoms with Gasteiger partial charge in [-0.3, -0.25) is 9.59 Å². The van der Waals surface area contributed by atoms with E-state index in [-0.39, 0.29) is 40.7 Å². The van der Waals surface area contributed by atoms with Crippen LogP contribution in [0.5, 0.6) is 0 Å². The number of alkyl halides is 3. The highest BCUT2D eigenvalue weighted by Gasteiger charge is 2.37. The fraction of sp³-hybridized carbons (Fsp3) is 0.320. The van der Waals surface area contributed by atoms with Gasteiger partial charge in [0.25, 0.3) is 17.6 Å². The maximum absolute atomic E-state index is 13.7. The zero-order valence-electron chi connectivity index (χ0n) is 21.6. The van der Waals surface area contributed by atoms with Crippen LogP contribution in [0.2, 0.25) is 5.02 Å². The predicted octanol–water partition coefficient (Wildman–Crippen LogP) is 4.67. The van der Waals surface area contributed by atoms with Crippen LogP contribution in [0.3, 0.4) is 0 Å². The molecule has 1 saturated carbocycles. The quantitative estimate of drug-likeness (QED) is 0.256. The molecule has 214 valence electrons. The molecule has 3 aromatic heterocycles. The van der Waals surface area contributed by atoms with Crippen LogP contribution in [-0.4, -0.2) is 52.8 Å². The summed E-state index contributed by atoms with van der Waals surface area (Å²) in [5.41, 5.74) is 1.36. The molecule has 0 aliphatic heterocycles. The van der Waals surface area contributed by atoms with Gasteiger partial charge in [-0.15, -0.1) is 10.2 Å². The van der Waals surface area contributed by atoms with Gasteiger partial charge in [0.1, 0.15) is 12.2 Å². The summed E-state index contributed by atoms with van der Waals surface area (Å²) in [7, 11) is 0. The first kappa shape index (κ1) is 28.9. The molecule has 41 heavy (non-hydrogen) atoms. The van der Waals surface area contributed by atoms with Crippen LogP contribution in [0, 0.1) is 16.4 Å². The van der Waals surface area contributed by atoms with Crippen molar-refractivity contribution in [1.82, 2.24) is 40.3 Å². The van der Waals surface area contributed by atoms with Crippen molar-refractivity contribution in [3.63, 3.8) is 0 Å². The largest absolute Gasteiger partial charge is 0.455 e. The molecular weight excluding hydrogens is 678 g/mol. The smallest absolute Gasteiger partial charge is 0.349 e. The van der Waals surface area contributed by atoms with Gasteiger partial charge in [-0.1, -0.05) is 11.6 Å². The predicted molar refractivity (Wildman–Crippen MR) is 150 cm³/mol. The molecule has 0 bridgehead atoms. The summed E-state index contributed by atoms with van der Waals surface area (Å²) in [6.45, 7) is 3.40. The minimum atomic E-state index is -4.77. The molecule has 0 radical (unpaired) electrons. The molecule has 1 fully saturated rings. The molecule has 1 atom stereocenters. The molecule has 1 unspecified atom stereocenters. The van der Waals surface area contributed by atoms with Gasteiger partial charge in [-0.05, 0) is 96.3 Å². The van der Waals surface area contributed by atoms with Crippen molar-refractivity contribution in [2.45, 2.75) is 45.5 Å². The van der Waals surface area contributed by atoms with Crippen LogP contribution < -0.4 is 10.6 Å². The number of pyridine rings is 1. The Hall–Kier alpha value is -3.60. The molecule has 5 rings (SSSR count). The summed E-state index contributed by atoms with van der Waals surface area (Å²) < 4.78 is 40.8. The third kappa shape index (κ3) is 6.50. The number of rotatable bonds is 8. The molecule has 0 spiro atoms. The maximum Gasteiger partial charge on any atom is 0.455 e. The summed E-state index contributed by atoms with van der Waals surface area (Å²) in [4.78, 5) is 31.8. The zero-order chi connectivity index (χ0) is 29.5. The molecular formula is C25H22ClF3IN9O2. The van der Waals surface area contributed by atoms with Crippen molar-refractivity contribution in [2.75, 3.05) is 5.32 Å². The van der Waals surface area contributed by atoms with Crippen molar-refractivity contribution in [3.05, 3.63) is 73.5 Å². The Kier molecular flexibility index (Phi) is 8.00. The molecule has 1 aliphatic carbocycles. The van der Waals surface area contributed by atoms with E-state index in [9.17, 15) is 22.8 Å². The number of nitrogens with zero attached hydrogens (tertiary/aromatic N) is 7. The first-order valence-electron chi connectivity index (χ1n) is 12.4. The number of anilines is 1. The highest BCUT2D eigenvalue weighted by atomic mass is 127. The third-order valence-electron chi connectivity index (χ3n) is 6.41. The Bertz CT molecular complexity index is 1630. The van der Waals surface area contributed by atoms with Gasteiger partial charge in [0, 0.05) is 15.8 Å². The lowest BCUT2D eigenvalue weighted by atomic mass is 10.1. The monoisotopic (exact) mass is 699 g/mol. The number of carbonyl (C=O) groups excluding carboxylic acids is 2. The number of benzene rings is 1. The molecule has 3 heterocycles. The summed E-state index contributed by atoms with van der Waals surface area (Å²) in [6, 6.07) is 8.00. The fourth-order valence-electron chi connectivity index (χ4n) is 4.20. The topological polar surface area (TPSA) is 133 Å². The van der Waals surface area contributed by atoms with Crippen molar-refractivity contribution < 1.29 is 22.8 Å². The number of nitrogens with one attached hydrogen (secondary N) is 2. The number of halogens is 5. The average Bonchev–Trinajstić information content (AvgIpc) is 3.51. The van der Waals surface area contributed by atoms with Gasteiger partial charge in [0.2, 0.25) is 0 Å². The van der Waals surface area contributed by atoms with E-state index >= 15 is 0 Å². The van der Waals surface area contributed by atoms with E-state index in [1.54, 1.807) is 25.1 Å². The minimum absolute atomic E-state index is 0.0113. The average molecular weight is 700 g/mol. The van der Waals surface area contributed by atoms with Gasteiger partial charge < -0.3 is 10.6 Å². The number of amides is 2. The lowest BCUT2D eigenvalue weighted by Crippen LogP contribution is -2.35. The second kappa shape index (κ2) is 11.3. The fourth-order valence-corrected chi connectivity index (χ4v) is 5.18. The van der Waals surface area contributed by atoms with Crippen LogP contribution in [-0.2, 0) is 12.7 Å². The van der Waals surface area contributed by atoms with Crippen molar-refractivity contribution in [2.24, 2.45) is 5.92 Å².